The molecule has 0 amide bonds. The zero-order valence-corrected chi connectivity index (χ0v) is 17.5. The minimum absolute atomic E-state index is 0.296. The lowest BCUT2D eigenvalue weighted by atomic mass is 10.1. The van der Waals surface area contributed by atoms with Gasteiger partial charge in [-0.3, -0.25) is 4.68 Å². The van der Waals surface area contributed by atoms with Crippen molar-refractivity contribution < 1.29 is 8.78 Å². The molecule has 4 aromatic rings. The summed E-state index contributed by atoms with van der Waals surface area (Å²) in [5, 5.41) is 25.7. The minimum atomic E-state index is -2.56. The summed E-state index contributed by atoms with van der Waals surface area (Å²) in [4.78, 5) is 13.1. The van der Waals surface area contributed by atoms with Gasteiger partial charge in [0, 0.05) is 54.4 Å². The average Bonchev–Trinajstić information content (AvgIpc) is 3.41. The highest BCUT2D eigenvalue weighted by atomic mass is 19.3. The van der Waals surface area contributed by atoms with Crippen LogP contribution in [0.1, 0.15) is 12.8 Å². The van der Waals surface area contributed by atoms with E-state index in [-0.39, 0.29) is 0 Å². The van der Waals surface area contributed by atoms with Crippen LogP contribution in [0.4, 0.5) is 14.7 Å². The monoisotopic (exact) mass is 447 g/mol. The van der Waals surface area contributed by atoms with E-state index in [2.05, 4.69) is 31.4 Å². The standard InChI is InChI=1S/C22H19F2N9/c23-19(24)14-33-13-17(18-3-8-28-22(30-18)27-7-1-5-25)20(31-33)16-11-15-4-10-32(9-2-6-26)21(15)29-12-16/h3-4,8,10-13,19H,1-2,7,9,14H2,(H,27,28,30). The third-order valence-electron chi connectivity index (χ3n) is 4.88. The first kappa shape index (κ1) is 21.8. The van der Waals surface area contributed by atoms with Crippen LogP contribution in [0, 0.1) is 22.7 Å². The number of hydrogen-bond acceptors (Lipinski definition) is 7. The van der Waals surface area contributed by atoms with E-state index in [4.69, 9.17) is 10.5 Å². The summed E-state index contributed by atoms with van der Waals surface area (Å²) < 4.78 is 29.2. The number of anilines is 1. The maximum absolute atomic E-state index is 13.1. The molecule has 0 aliphatic carbocycles. The molecule has 0 fully saturated rings. The molecule has 0 saturated heterocycles. The first-order chi connectivity index (χ1) is 16.1. The van der Waals surface area contributed by atoms with Gasteiger partial charge < -0.3 is 9.88 Å². The Morgan fingerprint density at radius 2 is 1.97 bits per heavy atom. The van der Waals surface area contributed by atoms with E-state index in [1.807, 2.05) is 29.0 Å². The molecule has 11 heteroatoms. The molecule has 4 aromatic heterocycles. The van der Waals surface area contributed by atoms with Gasteiger partial charge in [0.1, 0.15) is 17.9 Å². The fourth-order valence-corrected chi connectivity index (χ4v) is 3.44. The van der Waals surface area contributed by atoms with Gasteiger partial charge in [-0.25, -0.2) is 23.7 Å². The van der Waals surface area contributed by atoms with Crippen molar-refractivity contribution in [3.05, 3.63) is 43.0 Å². The summed E-state index contributed by atoms with van der Waals surface area (Å²) in [5.41, 5.74) is 2.92. The van der Waals surface area contributed by atoms with Crippen molar-refractivity contribution >= 4 is 17.0 Å². The number of nitrogens with zero attached hydrogens (tertiary/aromatic N) is 8. The Morgan fingerprint density at radius 1 is 1.12 bits per heavy atom. The highest BCUT2D eigenvalue weighted by Gasteiger charge is 2.18. The van der Waals surface area contributed by atoms with E-state index in [1.165, 1.54) is 10.9 Å². The van der Waals surface area contributed by atoms with E-state index in [0.29, 0.717) is 54.4 Å². The summed E-state index contributed by atoms with van der Waals surface area (Å²) in [6.07, 6.45) is 4.69. The molecule has 0 atom stereocenters. The molecule has 33 heavy (non-hydrogen) atoms. The van der Waals surface area contributed by atoms with Crippen molar-refractivity contribution in [1.82, 2.24) is 29.3 Å². The molecule has 9 nitrogen and oxygen atoms in total. The van der Waals surface area contributed by atoms with Gasteiger partial charge in [-0.2, -0.15) is 15.6 Å². The van der Waals surface area contributed by atoms with Gasteiger partial charge in [-0.15, -0.1) is 0 Å². The minimum Gasteiger partial charge on any atom is -0.353 e. The van der Waals surface area contributed by atoms with Crippen LogP contribution in [-0.4, -0.2) is 42.3 Å². The molecule has 0 bridgehead atoms. The highest BCUT2D eigenvalue weighted by molar-refractivity contribution is 5.85. The van der Waals surface area contributed by atoms with E-state index >= 15 is 0 Å². The van der Waals surface area contributed by atoms with Gasteiger partial charge in [0.15, 0.2) is 0 Å². The second-order valence-electron chi connectivity index (χ2n) is 7.16. The molecule has 0 unspecified atom stereocenters. The van der Waals surface area contributed by atoms with Crippen LogP contribution in [0.5, 0.6) is 0 Å². The first-order valence-electron chi connectivity index (χ1n) is 10.2. The Labute approximate surface area is 187 Å². The summed E-state index contributed by atoms with van der Waals surface area (Å²) in [5.74, 6) is 0.332. The Kier molecular flexibility index (Phi) is 6.51. The normalized spacial score (nSPS) is 10.9. The molecule has 0 saturated carbocycles. The first-order valence-corrected chi connectivity index (χ1v) is 10.2. The molecule has 1 N–H and O–H groups in total. The number of rotatable bonds is 9. The second kappa shape index (κ2) is 9.83. The Bertz CT molecular complexity index is 1340. The number of alkyl halides is 2. The lowest BCUT2D eigenvalue weighted by Crippen LogP contribution is -2.06. The van der Waals surface area contributed by atoms with Crippen LogP contribution in [-0.2, 0) is 13.1 Å². The third kappa shape index (κ3) is 4.93. The van der Waals surface area contributed by atoms with Crippen LogP contribution in [0.3, 0.4) is 0 Å². The van der Waals surface area contributed by atoms with Crippen molar-refractivity contribution in [2.45, 2.75) is 32.4 Å². The van der Waals surface area contributed by atoms with Gasteiger partial charge in [0.2, 0.25) is 5.95 Å². The lowest BCUT2D eigenvalue weighted by molar-refractivity contribution is 0.122. The van der Waals surface area contributed by atoms with Gasteiger partial charge in [0.05, 0.1) is 30.7 Å². The number of hydrogen-bond donors (Lipinski definition) is 1. The number of nitrogens with one attached hydrogen (secondary N) is 1. The molecule has 166 valence electrons. The Balaban J connectivity index is 1.74. The number of aromatic nitrogens is 6. The van der Waals surface area contributed by atoms with Crippen LogP contribution < -0.4 is 5.32 Å². The van der Waals surface area contributed by atoms with E-state index < -0.39 is 13.0 Å². The smallest absolute Gasteiger partial charge is 0.257 e. The Hall–Kier alpha value is -4.38. The second-order valence-corrected chi connectivity index (χ2v) is 7.16. The molecule has 0 spiro atoms. The number of aryl methyl sites for hydroxylation is 1. The summed E-state index contributed by atoms with van der Waals surface area (Å²) in [7, 11) is 0. The largest absolute Gasteiger partial charge is 0.353 e. The summed E-state index contributed by atoms with van der Waals surface area (Å²) in [6, 6.07) is 9.60. The zero-order valence-electron chi connectivity index (χ0n) is 17.5. The molecular weight excluding hydrogens is 428 g/mol. The molecule has 0 aliphatic rings. The van der Waals surface area contributed by atoms with Crippen molar-refractivity contribution in [2.24, 2.45) is 0 Å². The average molecular weight is 447 g/mol. The predicted octanol–water partition coefficient (Wildman–Crippen LogP) is 3.86. The molecule has 4 heterocycles. The van der Waals surface area contributed by atoms with Crippen molar-refractivity contribution in [3.63, 3.8) is 0 Å². The predicted molar refractivity (Wildman–Crippen MR) is 117 cm³/mol. The van der Waals surface area contributed by atoms with Crippen molar-refractivity contribution in [2.75, 3.05) is 11.9 Å². The van der Waals surface area contributed by atoms with Crippen LogP contribution >= 0.6 is 0 Å². The molecule has 0 aromatic carbocycles. The van der Waals surface area contributed by atoms with E-state index in [0.717, 1.165) is 11.0 Å². The lowest BCUT2D eigenvalue weighted by Gasteiger charge is -2.06. The summed E-state index contributed by atoms with van der Waals surface area (Å²) in [6.45, 7) is 0.371. The van der Waals surface area contributed by atoms with Crippen LogP contribution in [0.25, 0.3) is 33.5 Å². The molecular formula is C22H19F2N9. The fourth-order valence-electron chi connectivity index (χ4n) is 3.44. The van der Waals surface area contributed by atoms with Gasteiger partial charge >= 0.3 is 0 Å². The fraction of sp³-hybridized carbons (Fsp3) is 0.273. The number of pyridine rings is 1. The molecule has 4 rings (SSSR count). The zero-order chi connectivity index (χ0) is 23.2. The van der Waals surface area contributed by atoms with Crippen LogP contribution in [0.2, 0.25) is 0 Å². The maximum Gasteiger partial charge on any atom is 0.257 e. The van der Waals surface area contributed by atoms with Crippen molar-refractivity contribution in [1.29, 1.82) is 10.5 Å². The van der Waals surface area contributed by atoms with E-state index in [9.17, 15) is 8.78 Å². The Morgan fingerprint density at radius 3 is 2.76 bits per heavy atom. The molecule has 0 aliphatic heterocycles. The van der Waals surface area contributed by atoms with Gasteiger partial charge in [-0.05, 0) is 18.2 Å². The quantitative estimate of drug-likeness (QED) is 0.387. The number of halogens is 2. The van der Waals surface area contributed by atoms with Crippen LogP contribution in [0.15, 0.2) is 43.0 Å². The van der Waals surface area contributed by atoms with Gasteiger partial charge in [-0.1, -0.05) is 0 Å². The maximum atomic E-state index is 13.1. The van der Waals surface area contributed by atoms with Gasteiger partial charge in [0.25, 0.3) is 6.43 Å². The molecule has 0 radical (unpaired) electrons. The summed E-state index contributed by atoms with van der Waals surface area (Å²) >= 11 is 0. The van der Waals surface area contributed by atoms with Crippen molar-refractivity contribution in [3.8, 4) is 34.7 Å². The highest BCUT2D eigenvalue weighted by Crippen LogP contribution is 2.32. The topological polar surface area (TPSA) is 121 Å². The SMILES string of the molecule is N#CCCNc1nccc(-c2cn(CC(F)F)nc2-c2cnc3c(ccn3CCC#N)c2)n1. The number of nitriles is 2. The third-order valence-corrected chi connectivity index (χ3v) is 4.88. The number of fused-ring (bicyclic) bond motifs is 1. The van der Waals surface area contributed by atoms with E-state index in [1.54, 1.807) is 18.5 Å².